The lowest BCUT2D eigenvalue weighted by molar-refractivity contribution is -0.384. The molecule has 0 aromatic heterocycles. The molecule has 0 radical (unpaired) electrons. The van der Waals surface area contributed by atoms with Crippen LogP contribution in [0.25, 0.3) is 0 Å². The summed E-state index contributed by atoms with van der Waals surface area (Å²) in [5.41, 5.74) is 2.50. The summed E-state index contributed by atoms with van der Waals surface area (Å²) in [6, 6.07) is 11.8. The molecule has 2 aromatic rings. The Kier molecular flexibility index (Phi) is 5.76. The summed E-state index contributed by atoms with van der Waals surface area (Å²) in [4.78, 5) is 25.4. The zero-order chi connectivity index (χ0) is 19.4. The van der Waals surface area contributed by atoms with Crippen LogP contribution in [0.3, 0.4) is 0 Å². The monoisotopic (exact) mass is 385 g/mol. The molecule has 1 fully saturated rings. The van der Waals surface area contributed by atoms with E-state index in [2.05, 4.69) is 11.9 Å². The Hall–Kier alpha value is -2.86. The Morgan fingerprint density at radius 2 is 1.93 bits per heavy atom. The number of nitro benzene ring substituents is 1. The average Bonchev–Trinajstić information content (AvgIpc) is 2.67. The lowest BCUT2D eigenvalue weighted by Gasteiger charge is -2.28. The number of likely N-dealkylation sites (tertiary alicyclic amines) is 1. The number of hydrogen-bond donors (Lipinski definition) is 1. The maximum absolute atomic E-state index is 12.7. The Morgan fingerprint density at radius 1 is 1.22 bits per heavy atom. The topological polar surface area (TPSA) is 75.5 Å². The largest absolute Gasteiger partial charge is 0.375 e. The number of amides is 1. The third kappa shape index (κ3) is 4.46. The average molecular weight is 386 g/mol. The second kappa shape index (κ2) is 8.22. The van der Waals surface area contributed by atoms with Crippen molar-refractivity contribution < 1.29 is 9.72 Å². The molecule has 140 valence electrons. The van der Waals surface area contributed by atoms with Crippen LogP contribution >= 0.6 is 11.6 Å². The third-order valence-corrected chi connectivity index (χ3v) is 4.99. The van der Waals surface area contributed by atoms with Crippen molar-refractivity contribution in [2.75, 3.05) is 18.4 Å². The standard InChI is InChI=1S/C20H20ClN3O3/c1-14-8-10-23(11-9-14)20(25)15-6-7-18(19(12-15)24(26)27)22-13-16-4-2-3-5-17(16)21/h2-7,12,22H,1,8-11,13H2. The van der Waals surface area contributed by atoms with Gasteiger partial charge in [-0.05, 0) is 36.6 Å². The van der Waals surface area contributed by atoms with Crippen molar-refractivity contribution in [3.63, 3.8) is 0 Å². The number of hydrogen-bond acceptors (Lipinski definition) is 4. The first-order chi connectivity index (χ1) is 13.0. The molecule has 7 heteroatoms. The molecule has 1 saturated heterocycles. The predicted molar refractivity (Wildman–Crippen MR) is 106 cm³/mol. The van der Waals surface area contributed by atoms with Gasteiger partial charge in [0.15, 0.2) is 0 Å². The van der Waals surface area contributed by atoms with Gasteiger partial charge in [-0.1, -0.05) is 42.0 Å². The quantitative estimate of drug-likeness (QED) is 0.461. The van der Waals surface area contributed by atoms with Crippen LogP contribution < -0.4 is 5.32 Å². The van der Waals surface area contributed by atoms with E-state index in [1.807, 2.05) is 18.2 Å². The molecule has 1 heterocycles. The Morgan fingerprint density at radius 3 is 2.59 bits per heavy atom. The number of benzene rings is 2. The minimum Gasteiger partial charge on any atom is -0.375 e. The molecule has 3 rings (SSSR count). The zero-order valence-electron chi connectivity index (χ0n) is 14.8. The minimum absolute atomic E-state index is 0.130. The molecule has 0 atom stereocenters. The van der Waals surface area contributed by atoms with Gasteiger partial charge in [0.05, 0.1) is 4.92 Å². The van der Waals surface area contributed by atoms with Crippen LogP contribution in [-0.4, -0.2) is 28.8 Å². The number of nitrogens with zero attached hydrogens (tertiary/aromatic N) is 2. The number of halogens is 1. The van der Waals surface area contributed by atoms with E-state index in [0.29, 0.717) is 35.9 Å². The predicted octanol–water partition coefficient (Wildman–Crippen LogP) is 4.65. The van der Waals surface area contributed by atoms with Crippen LogP contribution in [0, 0.1) is 10.1 Å². The van der Waals surface area contributed by atoms with Gasteiger partial charge in [0.25, 0.3) is 11.6 Å². The fourth-order valence-electron chi connectivity index (χ4n) is 3.01. The van der Waals surface area contributed by atoms with Crippen molar-refractivity contribution in [2.24, 2.45) is 0 Å². The molecule has 2 aromatic carbocycles. The van der Waals surface area contributed by atoms with E-state index in [0.717, 1.165) is 24.0 Å². The van der Waals surface area contributed by atoms with Crippen LogP contribution in [0.4, 0.5) is 11.4 Å². The Bertz CT molecular complexity index is 888. The van der Waals surface area contributed by atoms with Crippen LogP contribution in [0.5, 0.6) is 0 Å². The van der Waals surface area contributed by atoms with Gasteiger partial charge in [0.1, 0.15) is 5.69 Å². The number of rotatable bonds is 5. The first kappa shape index (κ1) is 18.9. The highest BCUT2D eigenvalue weighted by molar-refractivity contribution is 6.31. The van der Waals surface area contributed by atoms with Crippen LogP contribution in [-0.2, 0) is 6.54 Å². The van der Waals surface area contributed by atoms with E-state index in [-0.39, 0.29) is 11.6 Å². The molecule has 27 heavy (non-hydrogen) atoms. The van der Waals surface area contributed by atoms with Crippen molar-refractivity contribution in [1.82, 2.24) is 4.90 Å². The first-order valence-electron chi connectivity index (χ1n) is 8.67. The van der Waals surface area contributed by atoms with Gasteiger partial charge >= 0.3 is 0 Å². The highest BCUT2D eigenvalue weighted by atomic mass is 35.5. The molecule has 0 aliphatic carbocycles. The van der Waals surface area contributed by atoms with Gasteiger partial charge in [-0.15, -0.1) is 0 Å². The van der Waals surface area contributed by atoms with Gasteiger partial charge in [0.2, 0.25) is 0 Å². The number of nitrogens with one attached hydrogen (secondary N) is 1. The molecule has 1 N–H and O–H groups in total. The second-order valence-electron chi connectivity index (χ2n) is 6.48. The van der Waals surface area contributed by atoms with Gasteiger partial charge in [0, 0.05) is 36.3 Å². The number of carbonyl (C=O) groups is 1. The summed E-state index contributed by atoms with van der Waals surface area (Å²) < 4.78 is 0. The Labute approximate surface area is 162 Å². The molecule has 0 unspecified atom stereocenters. The molecule has 1 amide bonds. The Balaban J connectivity index is 1.78. The summed E-state index contributed by atoms with van der Waals surface area (Å²) in [6.45, 7) is 5.48. The SMILES string of the molecule is C=C1CCN(C(=O)c2ccc(NCc3ccccc3Cl)c([N+](=O)[O-])c2)CC1. The van der Waals surface area contributed by atoms with Crippen molar-refractivity contribution in [2.45, 2.75) is 19.4 Å². The number of nitro groups is 1. The smallest absolute Gasteiger partial charge is 0.293 e. The van der Waals surface area contributed by atoms with Crippen molar-refractivity contribution >= 4 is 28.9 Å². The minimum atomic E-state index is -0.482. The molecular weight excluding hydrogens is 366 g/mol. The van der Waals surface area contributed by atoms with Gasteiger partial charge in [-0.2, -0.15) is 0 Å². The van der Waals surface area contributed by atoms with Crippen molar-refractivity contribution in [3.05, 3.63) is 80.9 Å². The van der Waals surface area contributed by atoms with Crippen LogP contribution in [0.1, 0.15) is 28.8 Å². The van der Waals surface area contributed by atoms with E-state index in [4.69, 9.17) is 11.6 Å². The first-order valence-corrected chi connectivity index (χ1v) is 9.05. The summed E-state index contributed by atoms with van der Waals surface area (Å²) in [6.07, 6.45) is 1.54. The summed E-state index contributed by atoms with van der Waals surface area (Å²) in [5, 5.41) is 15.1. The van der Waals surface area contributed by atoms with E-state index in [9.17, 15) is 14.9 Å². The normalized spacial score (nSPS) is 14.1. The molecule has 0 saturated carbocycles. The summed E-state index contributed by atoms with van der Waals surface area (Å²) in [7, 11) is 0. The summed E-state index contributed by atoms with van der Waals surface area (Å²) in [5.74, 6) is -0.191. The maximum Gasteiger partial charge on any atom is 0.293 e. The maximum atomic E-state index is 12.7. The van der Waals surface area contributed by atoms with E-state index >= 15 is 0 Å². The number of anilines is 1. The second-order valence-corrected chi connectivity index (χ2v) is 6.88. The molecule has 1 aliphatic heterocycles. The van der Waals surface area contributed by atoms with E-state index in [1.54, 1.807) is 23.1 Å². The molecule has 1 aliphatic rings. The van der Waals surface area contributed by atoms with E-state index in [1.165, 1.54) is 6.07 Å². The van der Waals surface area contributed by atoms with Gasteiger partial charge < -0.3 is 10.2 Å². The molecular formula is C20H20ClN3O3. The fourth-order valence-corrected chi connectivity index (χ4v) is 3.21. The molecule has 6 nitrogen and oxygen atoms in total. The van der Waals surface area contributed by atoms with Gasteiger partial charge in [-0.25, -0.2) is 0 Å². The fraction of sp³-hybridized carbons (Fsp3) is 0.250. The highest BCUT2D eigenvalue weighted by Gasteiger charge is 2.23. The molecule has 0 bridgehead atoms. The van der Waals surface area contributed by atoms with Crippen molar-refractivity contribution in [3.8, 4) is 0 Å². The van der Waals surface area contributed by atoms with E-state index < -0.39 is 4.92 Å². The van der Waals surface area contributed by atoms with Crippen LogP contribution in [0.2, 0.25) is 5.02 Å². The summed E-state index contributed by atoms with van der Waals surface area (Å²) >= 11 is 6.13. The van der Waals surface area contributed by atoms with Crippen LogP contribution in [0.15, 0.2) is 54.6 Å². The lowest BCUT2D eigenvalue weighted by atomic mass is 10.0. The highest BCUT2D eigenvalue weighted by Crippen LogP contribution is 2.28. The lowest BCUT2D eigenvalue weighted by Crippen LogP contribution is -2.36. The number of carbonyl (C=O) groups excluding carboxylic acids is 1. The third-order valence-electron chi connectivity index (χ3n) is 4.63. The molecule has 0 spiro atoms. The van der Waals surface area contributed by atoms with Crippen molar-refractivity contribution in [1.29, 1.82) is 0 Å². The zero-order valence-corrected chi connectivity index (χ0v) is 15.5. The van der Waals surface area contributed by atoms with Gasteiger partial charge in [-0.3, -0.25) is 14.9 Å². The number of piperidine rings is 1.